The van der Waals surface area contributed by atoms with Crippen LogP contribution in [0.1, 0.15) is 18.1 Å². The minimum atomic E-state index is -4.41. The van der Waals surface area contributed by atoms with Crippen molar-refractivity contribution < 1.29 is 31.1 Å². The smallest absolute Gasteiger partial charge is 0.416 e. The van der Waals surface area contributed by atoms with Gasteiger partial charge in [0.1, 0.15) is 5.75 Å². The number of piperazine rings is 1. The lowest BCUT2D eigenvalue weighted by Crippen LogP contribution is -2.50. The van der Waals surface area contributed by atoms with Gasteiger partial charge in [-0.1, -0.05) is 23.8 Å². The largest absolute Gasteiger partial charge is 0.484 e. The molecule has 0 N–H and O–H groups in total. The molecule has 0 spiro atoms. The predicted molar refractivity (Wildman–Crippen MR) is 144 cm³/mol. The highest BCUT2D eigenvalue weighted by Crippen LogP contribution is 2.32. The Morgan fingerprint density at radius 2 is 1.59 bits per heavy atom. The Balaban J connectivity index is 1.31. The Morgan fingerprint density at radius 1 is 0.949 bits per heavy atom. The average molecular weight is 562 g/mol. The van der Waals surface area contributed by atoms with Gasteiger partial charge in [0.05, 0.1) is 16.1 Å². The van der Waals surface area contributed by atoms with Crippen molar-refractivity contribution in [3.8, 4) is 5.75 Å². The molecule has 1 amide bonds. The van der Waals surface area contributed by atoms with E-state index in [4.69, 9.17) is 4.74 Å². The molecule has 4 rings (SSSR count). The van der Waals surface area contributed by atoms with Crippen LogP contribution in [0.4, 0.5) is 24.5 Å². The molecule has 7 nitrogen and oxygen atoms in total. The molecular weight excluding hydrogens is 531 g/mol. The molecule has 1 saturated heterocycles. The molecule has 0 radical (unpaired) electrons. The van der Waals surface area contributed by atoms with Crippen LogP contribution in [-0.2, 0) is 21.0 Å². The highest BCUT2D eigenvalue weighted by molar-refractivity contribution is 7.92. The molecule has 1 aliphatic rings. The number of hydrogen-bond acceptors (Lipinski definition) is 5. The third-order valence-corrected chi connectivity index (χ3v) is 8.47. The number of halogens is 3. The van der Waals surface area contributed by atoms with Crippen molar-refractivity contribution in [2.45, 2.75) is 24.9 Å². The molecule has 0 aliphatic carbocycles. The fourth-order valence-corrected chi connectivity index (χ4v) is 5.84. The number of benzene rings is 3. The Labute approximate surface area is 226 Å². The summed E-state index contributed by atoms with van der Waals surface area (Å²) in [4.78, 5) is 16.3. The van der Waals surface area contributed by atoms with Gasteiger partial charge in [-0.2, -0.15) is 13.2 Å². The summed E-state index contributed by atoms with van der Waals surface area (Å²) in [6.45, 7) is 5.21. The van der Waals surface area contributed by atoms with Gasteiger partial charge in [-0.3, -0.25) is 9.10 Å². The van der Waals surface area contributed by atoms with Crippen molar-refractivity contribution in [1.82, 2.24) is 4.90 Å². The van der Waals surface area contributed by atoms with Gasteiger partial charge in [-0.05, 0) is 68.4 Å². The van der Waals surface area contributed by atoms with E-state index in [1.54, 1.807) is 66.4 Å². The van der Waals surface area contributed by atoms with Crippen molar-refractivity contribution in [2.24, 2.45) is 0 Å². The van der Waals surface area contributed by atoms with Crippen LogP contribution in [0, 0.1) is 6.92 Å². The number of rotatable bonds is 8. The maximum absolute atomic E-state index is 13.1. The second-order valence-electron chi connectivity index (χ2n) is 9.18. The number of nitrogens with zero attached hydrogens (tertiary/aromatic N) is 3. The lowest BCUT2D eigenvalue weighted by atomic mass is 10.1. The molecule has 0 unspecified atom stereocenters. The fraction of sp³-hybridized carbons (Fsp3) is 0.321. The average Bonchev–Trinajstić information content (AvgIpc) is 2.92. The number of aryl methyl sites for hydroxylation is 1. The maximum Gasteiger partial charge on any atom is 0.416 e. The number of alkyl halides is 3. The lowest BCUT2D eigenvalue weighted by Gasteiger charge is -2.36. The Hall–Kier alpha value is -3.73. The highest BCUT2D eigenvalue weighted by atomic mass is 32.2. The molecule has 1 fully saturated rings. The molecule has 0 bridgehead atoms. The van der Waals surface area contributed by atoms with Gasteiger partial charge in [0.25, 0.3) is 15.9 Å². The molecule has 0 aromatic heterocycles. The van der Waals surface area contributed by atoms with Crippen LogP contribution in [0.5, 0.6) is 5.75 Å². The summed E-state index contributed by atoms with van der Waals surface area (Å²) in [5.74, 6) is 0.179. The first-order valence-corrected chi connectivity index (χ1v) is 14.0. The van der Waals surface area contributed by atoms with Gasteiger partial charge in [0, 0.05) is 38.4 Å². The van der Waals surface area contributed by atoms with Crippen molar-refractivity contribution in [3.05, 3.63) is 83.9 Å². The Kier molecular flexibility index (Phi) is 8.39. The van der Waals surface area contributed by atoms with Crippen LogP contribution in [0.25, 0.3) is 0 Å². The first kappa shape index (κ1) is 28.3. The highest BCUT2D eigenvalue weighted by Gasteiger charge is 2.31. The summed E-state index contributed by atoms with van der Waals surface area (Å²) in [6, 6.07) is 18.3. The summed E-state index contributed by atoms with van der Waals surface area (Å²) < 4.78 is 72.3. The molecule has 1 aliphatic heterocycles. The number of amides is 1. The molecular formula is C28H30F3N3O4S. The predicted octanol–water partition coefficient (Wildman–Crippen LogP) is 4.96. The van der Waals surface area contributed by atoms with Crippen LogP contribution in [0.15, 0.2) is 77.7 Å². The van der Waals surface area contributed by atoms with Crippen LogP contribution >= 0.6 is 0 Å². The molecule has 3 aromatic rings. The first-order chi connectivity index (χ1) is 18.5. The van der Waals surface area contributed by atoms with Gasteiger partial charge in [-0.15, -0.1) is 0 Å². The fourth-order valence-electron chi connectivity index (χ4n) is 4.37. The van der Waals surface area contributed by atoms with Crippen molar-refractivity contribution in [3.63, 3.8) is 0 Å². The van der Waals surface area contributed by atoms with Gasteiger partial charge in [-0.25, -0.2) is 8.42 Å². The number of carbonyl (C=O) groups excluding carboxylic acids is 1. The monoisotopic (exact) mass is 561 g/mol. The van der Waals surface area contributed by atoms with E-state index in [9.17, 15) is 26.4 Å². The van der Waals surface area contributed by atoms with Gasteiger partial charge < -0.3 is 14.5 Å². The minimum Gasteiger partial charge on any atom is -0.484 e. The zero-order valence-electron chi connectivity index (χ0n) is 21.7. The summed E-state index contributed by atoms with van der Waals surface area (Å²) in [5, 5.41) is 0. The van der Waals surface area contributed by atoms with Crippen LogP contribution in [0.3, 0.4) is 0 Å². The van der Waals surface area contributed by atoms with Crippen LogP contribution < -0.4 is 13.9 Å². The second-order valence-corrected chi connectivity index (χ2v) is 11.0. The molecule has 208 valence electrons. The summed E-state index contributed by atoms with van der Waals surface area (Å²) in [7, 11) is -3.74. The topological polar surface area (TPSA) is 70.2 Å². The molecule has 3 aromatic carbocycles. The Bertz CT molecular complexity index is 1390. The third-order valence-electron chi connectivity index (χ3n) is 6.55. The quantitative estimate of drug-likeness (QED) is 0.389. The molecule has 0 atom stereocenters. The lowest BCUT2D eigenvalue weighted by molar-refractivity contribution is -0.137. The number of sulfonamides is 1. The third kappa shape index (κ3) is 6.65. The molecule has 39 heavy (non-hydrogen) atoms. The van der Waals surface area contributed by atoms with E-state index in [0.717, 1.165) is 17.7 Å². The number of hydrogen-bond donors (Lipinski definition) is 0. The van der Waals surface area contributed by atoms with Gasteiger partial charge in [0.2, 0.25) is 0 Å². The normalized spacial score (nSPS) is 14.3. The summed E-state index contributed by atoms with van der Waals surface area (Å²) in [6.07, 6.45) is -4.41. The molecule has 0 saturated carbocycles. The van der Waals surface area contributed by atoms with E-state index < -0.39 is 21.8 Å². The van der Waals surface area contributed by atoms with E-state index in [1.165, 1.54) is 10.4 Å². The number of ether oxygens (including phenoxy) is 1. The maximum atomic E-state index is 13.1. The summed E-state index contributed by atoms with van der Waals surface area (Å²) >= 11 is 0. The number of carbonyl (C=O) groups is 1. The second kappa shape index (κ2) is 11.6. The zero-order valence-corrected chi connectivity index (χ0v) is 22.5. The van der Waals surface area contributed by atoms with Gasteiger partial charge >= 0.3 is 6.18 Å². The van der Waals surface area contributed by atoms with Crippen molar-refractivity contribution >= 4 is 27.3 Å². The van der Waals surface area contributed by atoms with Crippen molar-refractivity contribution in [1.29, 1.82) is 0 Å². The van der Waals surface area contributed by atoms with E-state index in [-0.39, 0.29) is 24.0 Å². The van der Waals surface area contributed by atoms with Crippen LogP contribution in [-0.4, -0.2) is 58.6 Å². The van der Waals surface area contributed by atoms with E-state index in [1.807, 2.05) is 11.8 Å². The molecule has 1 heterocycles. The van der Waals surface area contributed by atoms with E-state index >= 15 is 0 Å². The standard InChI is InChI=1S/C28H30F3N3O4S/c1-3-34(39(36,37)26-13-7-21(2)8-14-26)23-9-11-25(12-10-23)38-20-27(35)33-17-15-32(16-18-33)24-6-4-5-22(19-24)28(29,30)31/h4-14,19H,3,15-18,20H2,1-2H3. The minimum absolute atomic E-state index is 0.203. The Morgan fingerprint density at radius 3 is 2.18 bits per heavy atom. The molecule has 11 heteroatoms. The van der Waals surface area contributed by atoms with E-state index in [2.05, 4.69) is 0 Å². The van der Waals surface area contributed by atoms with Crippen LogP contribution in [0.2, 0.25) is 0 Å². The summed E-state index contributed by atoms with van der Waals surface area (Å²) in [5.41, 5.74) is 1.21. The SMILES string of the molecule is CCN(c1ccc(OCC(=O)N2CCN(c3cccc(C(F)(F)F)c3)CC2)cc1)S(=O)(=O)c1ccc(C)cc1. The number of anilines is 2. The van der Waals surface area contributed by atoms with Crippen molar-refractivity contribution in [2.75, 3.05) is 48.5 Å². The van der Waals surface area contributed by atoms with Gasteiger partial charge in [0.15, 0.2) is 6.61 Å². The van der Waals surface area contributed by atoms with E-state index in [0.29, 0.717) is 43.3 Å². The first-order valence-electron chi connectivity index (χ1n) is 12.5. The zero-order chi connectivity index (χ0) is 28.2.